The number of amides is 1. The van der Waals surface area contributed by atoms with Gasteiger partial charge >= 0.3 is 0 Å². The van der Waals surface area contributed by atoms with Crippen molar-refractivity contribution in [2.45, 2.75) is 18.9 Å². The molecule has 0 spiro atoms. The number of rotatable bonds is 6. The fraction of sp³-hybridized carbons (Fsp3) is 0.222. The first kappa shape index (κ1) is 16.4. The number of nitrogens with one attached hydrogen (secondary N) is 1. The van der Waals surface area contributed by atoms with E-state index in [1.54, 1.807) is 35.9 Å². The molecule has 1 atom stereocenters. The average molecular weight is 343 g/mol. The number of nitrogens with zero attached hydrogens (tertiary/aromatic N) is 2. The number of halogens is 1. The number of hydrogen-bond acceptors (Lipinski definition) is 3. The quantitative estimate of drug-likeness (QED) is 0.745. The average Bonchev–Trinajstić information content (AvgIpc) is 3.22. The van der Waals surface area contributed by atoms with Crippen LogP contribution in [0.3, 0.4) is 0 Å². The molecule has 2 aromatic heterocycles. The lowest BCUT2D eigenvalue weighted by molar-refractivity contribution is -0.121. The lowest BCUT2D eigenvalue weighted by Gasteiger charge is -2.19. The Morgan fingerprint density at radius 2 is 2.29 bits per heavy atom. The highest BCUT2D eigenvalue weighted by molar-refractivity contribution is 7.07. The molecule has 4 nitrogen and oxygen atoms in total. The third kappa shape index (κ3) is 3.89. The lowest BCUT2D eigenvalue weighted by atomic mass is 10.1. The molecule has 3 rings (SSSR count). The third-order valence-corrected chi connectivity index (χ3v) is 4.56. The number of imidazole rings is 1. The van der Waals surface area contributed by atoms with Crippen molar-refractivity contribution >= 4 is 17.2 Å². The van der Waals surface area contributed by atoms with Crippen molar-refractivity contribution in [1.82, 2.24) is 14.9 Å². The maximum Gasteiger partial charge on any atom is 0.221 e. The van der Waals surface area contributed by atoms with Crippen LogP contribution in [0.15, 0.2) is 53.5 Å². The molecular formula is C18H18FN3OS. The summed E-state index contributed by atoms with van der Waals surface area (Å²) in [4.78, 5) is 16.7. The molecule has 0 aliphatic rings. The molecule has 24 heavy (non-hydrogen) atoms. The SMILES string of the molecule is Cn1ccnc1[C@H](NC(=O)CCc1ccsc1)c1cccc(F)c1. The zero-order valence-electron chi connectivity index (χ0n) is 13.3. The number of carbonyl (C=O) groups excluding carboxylic acids is 1. The van der Waals surface area contributed by atoms with Gasteiger partial charge in [0.15, 0.2) is 0 Å². The van der Waals surface area contributed by atoms with Crippen LogP contribution in [0.1, 0.15) is 29.4 Å². The van der Waals surface area contributed by atoms with Crippen LogP contribution in [0.4, 0.5) is 4.39 Å². The van der Waals surface area contributed by atoms with E-state index in [-0.39, 0.29) is 11.7 Å². The molecule has 0 saturated heterocycles. The fourth-order valence-corrected chi connectivity index (χ4v) is 3.27. The zero-order chi connectivity index (χ0) is 16.9. The van der Waals surface area contributed by atoms with Gasteiger partial charge in [0.2, 0.25) is 5.91 Å². The van der Waals surface area contributed by atoms with E-state index in [0.29, 0.717) is 24.2 Å². The van der Waals surface area contributed by atoms with Crippen LogP contribution in [0.25, 0.3) is 0 Å². The van der Waals surface area contributed by atoms with Gasteiger partial charge in [0.1, 0.15) is 17.7 Å². The molecule has 1 aromatic carbocycles. The molecule has 1 N–H and O–H groups in total. The Labute approximate surface area is 144 Å². The van der Waals surface area contributed by atoms with Gasteiger partial charge in [-0.1, -0.05) is 12.1 Å². The minimum atomic E-state index is -0.476. The highest BCUT2D eigenvalue weighted by atomic mass is 32.1. The van der Waals surface area contributed by atoms with Gasteiger partial charge in [0.05, 0.1) is 0 Å². The normalized spacial score (nSPS) is 12.1. The van der Waals surface area contributed by atoms with E-state index in [1.165, 1.54) is 12.1 Å². The summed E-state index contributed by atoms with van der Waals surface area (Å²) >= 11 is 1.62. The molecule has 0 aliphatic heterocycles. The molecular weight excluding hydrogens is 325 g/mol. The van der Waals surface area contributed by atoms with E-state index in [2.05, 4.69) is 10.3 Å². The Balaban J connectivity index is 1.77. The number of benzene rings is 1. The number of hydrogen-bond donors (Lipinski definition) is 1. The first-order valence-corrected chi connectivity index (χ1v) is 8.61. The molecule has 124 valence electrons. The van der Waals surface area contributed by atoms with Crippen LogP contribution in [0.5, 0.6) is 0 Å². The summed E-state index contributed by atoms with van der Waals surface area (Å²) in [6, 6.07) is 7.78. The van der Waals surface area contributed by atoms with Gasteiger partial charge in [-0.05, 0) is 46.5 Å². The molecule has 1 amide bonds. The van der Waals surface area contributed by atoms with Crippen LogP contribution < -0.4 is 5.32 Å². The first-order valence-electron chi connectivity index (χ1n) is 7.66. The summed E-state index contributed by atoms with van der Waals surface area (Å²) in [5.74, 6) is 0.252. The van der Waals surface area contributed by atoms with E-state index in [1.807, 2.05) is 28.4 Å². The molecule has 3 aromatic rings. The third-order valence-electron chi connectivity index (χ3n) is 3.82. The van der Waals surface area contributed by atoms with Gasteiger partial charge < -0.3 is 9.88 Å². The summed E-state index contributed by atoms with van der Waals surface area (Å²) in [6.45, 7) is 0. The molecule has 0 bridgehead atoms. The summed E-state index contributed by atoms with van der Waals surface area (Å²) < 4.78 is 15.4. The van der Waals surface area contributed by atoms with E-state index in [4.69, 9.17) is 0 Å². The molecule has 0 unspecified atom stereocenters. The van der Waals surface area contributed by atoms with Gasteiger partial charge in [-0.15, -0.1) is 0 Å². The number of aryl methyl sites for hydroxylation is 2. The van der Waals surface area contributed by atoms with Crippen molar-refractivity contribution in [3.8, 4) is 0 Å². The summed E-state index contributed by atoms with van der Waals surface area (Å²) in [5, 5.41) is 7.02. The van der Waals surface area contributed by atoms with Crippen molar-refractivity contribution < 1.29 is 9.18 Å². The van der Waals surface area contributed by atoms with Crippen LogP contribution in [0, 0.1) is 5.82 Å². The van der Waals surface area contributed by atoms with Gasteiger partial charge in [0.25, 0.3) is 0 Å². The molecule has 0 fully saturated rings. The Bertz CT molecular complexity index is 813. The standard InChI is InChI=1S/C18H18FN3OS/c1-22-9-8-20-18(22)17(14-3-2-4-15(19)11-14)21-16(23)6-5-13-7-10-24-12-13/h2-4,7-12,17H,5-6H2,1H3,(H,21,23)/t17-/m1/s1. The van der Waals surface area contributed by atoms with Gasteiger partial charge in [0, 0.05) is 25.9 Å². The van der Waals surface area contributed by atoms with Crippen LogP contribution in [-0.2, 0) is 18.3 Å². The van der Waals surface area contributed by atoms with Gasteiger partial charge in [-0.3, -0.25) is 4.79 Å². The minimum absolute atomic E-state index is 0.0848. The lowest BCUT2D eigenvalue weighted by Crippen LogP contribution is -2.31. The van der Waals surface area contributed by atoms with Crippen molar-refractivity contribution in [3.63, 3.8) is 0 Å². The second kappa shape index (κ2) is 7.40. The maximum absolute atomic E-state index is 13.6. The monoisotopic (exact) mass is 343 g/mol. The van der Waals surface area contributed by atoms with Crippen molar-refractivity contribution in [3.05, 3.63) is 76.3 Å². The van der Waals surface area contributed by atoms with Crippen LogP contribution >= 0.6 is 11.3 Å². The summed E-state index contributed by atoms with van der Waals surface area (Å²) in [7, 11) is 1.85. The first-order chi connectivity index (χ1) is 11.6. The van der Waals surface area contributed by atoms with Gasteiger partial charge in [-0.2, -0.15) is 11.3 Å². The predicted octanol–water partition coefficient (Wildman–Crippen LogP) is 3.46. The molecule has 0 aliphatic carbocycles. The Kier molecular flexibility index (Phi) is 5.05. The van der Waals surface area contributed by atoms with Crippen LogP contribution in [0.2, 0.25) is 0 Å². The van der Waals surface area contributed by atoms with Crippen molar-refractivity contribution in [2.75, 3.05) is 0 Å². The second-order valence-corrected chi connectivity index (χ2v) is 6.36. The minimum Gasteiger partial charge on any atom is -0.342 e. The molecule has 0 saturated carbocycles. The highest BCUT2D eigenvalue weighted by Gasteiger charge is 2.21. The number of carbonyl (C=O) groups is 1. The van der Waals surface area contributed by atoms with Crippen LogP contribution in [-0.4, -0.2) is 15.5 Å². The van der Waals surface area contributed by atoms with E-state index < -0.39 is 6.04 Å². The molecule has 2 heterocycles. The van der Waals surface area contributed by atoms with Gasteiger partial charge in [-0.25, -0.2) is 9.37 Å². The summed E-state index contributed by atoms with van der Waals surface area (Å²) in [6.07, 6.45) is 4.54. The molecule has 0 radical (unpaired) electrons. The fourth-order valence-electron chi connectivity index (χ4n) is 2.56. The maximum atomic E-state index is 13.6. The Morgan fingerprint density at radius 1 is 1.42 bits per heavy atom. The second-order valence-electron chi connectivity index (χ2n) is 5.58. The largest absolute Gasteiger partial charge is 0.342 e. The number of thiophene rings is 1. The van der Waals surface area contributed by atoms with Crippen molar-refractivity contribution in [1.29, 1.82) is 0 Å². The van der Waals surface area contributed by atoms with E-state index >= 15 is 0 Å². The summed E-state index contributed by atoms with van der Waals surface area (Å²) in [5.41, 5.74) is 1.82. The predicted molar refractivity (Wildman–Crippen MR) is 92.2 cm³/mol. The smallest absolute Gasteiger partial charge is 0.221 e. The van der Waals surface area contributed by atoms with E-state index in [0.717, 1.165) is 5.56 Å². The molecule has 6 heteroatoms. The topological polar surface area (TPSA) is 46.9 Å². The highest BCUT2D eigenvalue weighted by Crippen LogP contribution is 2.21. The van der Waals surface area contributed by atoms with Crippen molar-refractivity contribution in [2.24, 2.45) is 7.05 Å². The number of aromatic nitrogens is 2. The Morgan fingerprint density at radius 3 is 2.96 bits per heavy atom. The Hall–Kier alpha value is -2.47. The zero-order valence-corrected chi connectivity index (χ0v) is 14.1. The van der Waals surface area contributed by atoms with E-state index in [9.17, 15) is 9.18 Å².